The summed E-state index contributed by atoms with van der Waals surface area (Å²) in [5, 5.41) is 4.04. The van der Waals surface area contributed by atoms with Crippen molar-refractivity contribution in [2.75, 3.05) is 18.9 Å². The predicted molar refractivity (Wildman–Crippen MR) is 124 cm³/mol. The number of nitrogens with one attached hydrogen (secondary N) is 1. The molecular weight excluding hydrogens is 442 g/mol. The van der Waals surface area contributed by atoms with Gasteiger partial charge >= 0.3 is 0 Å². The molecule has 0 aliphatic carbocycles. The van der Waals surface area contributed by atoms with Gasteiger partial charge in [-0.2, -0.15) is 4.98 Å². The zero-order valence-electron chi connectivity index (χ0n) is 18.4. The summed E-state index contributed by atoms with van der Waals surface area (Å²) in [7, 11) is -0.488. The molecule has 0 atom stereocenters. The first-order chi connectivity index (χ1) is 15.9. The Morgan fingerprint density at radius 1 is 0.909 bits per heavy atom. The molecule has 0 aliphatic heterocycles. The Hall–Kier alpha value is -3.85. The minimum Gasteiger partial charge on any atom is -0.497 e. The highest BCUT2D eigenvalue weighted by Gasteiger charge is 2.15. The lowest BCUT2D eigenvalue weighted by atomic mass is 10.1. The van der Waals surface area contributed by atoms with Gasteiger partial charge < -0.3 is 14.0 Å². The Balaban J connectivity index is 1.47. The van der Waals surface area contributed by atoms with Crippen LogP contribution >= 0.6 is 0 Å². The molecule has 0 bridgehead atoms. The van der Waals surface area contributed by atoms with E-state index >= 15 is 0 Å². The van der Waals surface area contributed by atoms with Gasteiger partial charge in [0, 0.05) is 17.3 Å². The van der Waals surface area contributed by atoms with Crippen LogP contribution in [-0.4, -0.2) is 32.8 Å². The van der Waals surface area contributed by atoms with Gasteiger partial charge in [-0.05, 0) is 61.0 Å². The number of rotatable bonds is 8. The number of hydrogen-bond acceptors (Lipinski definition) is 7. The highest BCUT2D eigenvalue weighted by molar-refractivity contribution is 7.92. The van der Waals surface area contributed by atoms with E-state index in [1.54, 1.807) is 68.8 Å². The van der Waals surface area contributed by atoms with Crippen LogP contribution in [0.3, 0.4) is 0 Å². The summed E-state index contributed by atoms with van der Waals surface area (Å²) in [6, 6.07) is 19.0. The molecule has 1 aromatic heterocycles. The molecule has 9 heteroatoms. The molecule has 0 unspecified atom stereocenters. The lowest BCUT2D eigenvalue weighted by Gasteiger charge is -2.08. The predicted octanol–water partition coefficient (Wildman–Crippen LogP) is 4.45. The molecule has 4 rings (SSSR count). The smallest absolute Gasteiger partial charge is 0.261 e. The number of benzene rings is 3. The number of aromatic nitrogens is 2. The van der Waals surface area contributed by atoms with Gasteiger partial charge in [0.25, 0.3) is 10.0 Å². The van der Waals surface area contributed by atoms with Gasteiger partial charge in [0.1, 0.15) is 11.5 Å². The van der Waals surface area contributed by atoms with E-state index in [1.807, 2.05) is 19.1 Å². The zero-order chi connectivity index (χ0) is 23.4. The average Bonchev–Trinajstić information content (AvgIpc) is 3.27. The van der Waals surface area contributed by atoms with Crippen LogP contribution in [0.2, 0.25) is 0 Å². The van der Waals surface area contributed by atoms with Gasteiger partial charge in [-0.3, -0.25) is 4.72 Å². The number of hydrogen-bond donors (Lipinski definition) is 1. The summed E-state index contributed by atoms with van der Waals surface area (Å²) in [5.41, 5.74) is 3.03. The molecule has 0 saturated heterocycles. The molecule has 1 heterocycles. The van der Waals surface area contributed by atoms with Crippen LogP contribution in [0.15, 0.2) is 76.1 Å². The van der Waals surface area contributed by atoms with Crippen LogP contribution in [-0.2, 0) is 16.4 Å². The molecule has 0 saturated carbocycles. The van der Waals surface area contributed by atoms with Gasteiger partial charge in [-0.15, -0.1) is 0 Å². The number of aryl methyl sites for hydroxylation is 1. The number of methoxy groups -OCH3 is 2. The fourth-order valence-corrected chi connectivity index (χ4v) is 4.26. The van der Waals surface area contributed by atoms with Crippen LogP contribution < -0.4 is 14.2 Å². The van der Waals surface area contributed by atoms with Crippen molar-refractivity contribution in [2.24, 2.45) is 0 Å². The summed E-state index contributed by atoms with van der Waals surface area (Å²) >= 11 is 0. The standard InChI is InChI=1S/C24H23N3O5S/c1-16-4-10-22(11-5-16)33(28,29)27-19-8-6-18(7-9-19)24-25-23(32-26-24)14-17-12-20(30-2)15-21(13-17)31-3/h4-13,15,27H,14H2,1-3H3. The molecule has 0 spiro atoms. The molecule has 0 aliphatic rings. The van der Waals surface area contributed by atoms with Crippen LogP contribution in [0.1, 0.15) is 17.0 Å². The number of sulfonamides is 1. The van der Waals surface area contributed by atoms with E-state index in [9.17, 15) is 8.42 Å². The molecule has 0 fully saturated rings. The fourth-order valence-electron chi connectivity index (χ4n) is 3.21. The quantitative estimate of drug-likeness (QED) is 0.410. The second-order valence-corrected chi connectivity index (χ2v) is 9.09. The van der Waals surface area contributed by atoms with Crippen molar-refractivity contribution in [3.63, 3.8) is 0 Å². The normalized spacial score (nSPS) is 11.2. The summed E-state index contributed by atoms with van der Waals surface area (Å²) < 4.78 is 43.7. The number of nitrogens with zero attached hydrogens (tertiary/aromatic N) is 2. The Morgan fingerprint density at radius 3 is 2.15 bits per heavy atom. The molecule has 8 nitrogen and oxygen atoms in total. The molecule has 170 valence electrons. The molecule has 4 aromatic rings. The second kappa shape index (κ2) is 9.33. The van der Waals surface area contributed by atoms with E-state index in [1.165, 1.54) is 0 Å². The number of ether oxygens (including phenoxy) is 2. The molecular formula is C24H23N3O5S. The summed E-state index contributed by atoms with van der Waals surface area (Å²) in [5.74, 6) is 2.19. The van der Waals surface area contributed by atoms with Crippen molar-refractivity contribution in [1.29, 1.82) is 0 Å². The van der Waals surface area contributed by atoms with Gasteiger partial charge in [0.05, 0.1) is 25.5 Å². The maximum atomic E-state index is 12.6. The Bertz CT molecular complexity index is 1330. The SMILES string of the molecule is COc1cc(Cc2nc(-c3ccc(NS(=O)(=O)c4ccc(C)cc4)cc3)no2)cc(OC)c1. The lowest BCUT2D eigenvalue weighted by molar-refractivity contribution is 0.382. The molecule has 1 N–H and O–H groups in total. The maximum absolute atomic E-state index is 12.6. The highest BCUT2D eigenvalue weighted by atomic mass is 32.2. The number of anilines is 1. The summed E-state index contributed by atoms with van der Waals surface area (Å²) in [6.45, 7) is 1.90. The maximum Gasteiger partial charge on any atom is 0.261 e. The summed E-state index contributed by atoms with van der Waals surface area (Å²) in [6.07, 6.45) is 0.412. The van der Waals surface area contributed by atoms with Crippen molar-refractivity contribution in [3.8, 4) is 22.9 Å². The van der Waals surface area contributed by atoms with Crippen molar-refractivity contribution in [1.82, 2.24) is 10.1 Å². The van der Waals surface area contributed by atoms with E-state index in [-0.39, 0.29) is 4.90 Å². The zero-order valence-corrected chi connectivity index (χ0v) is 19.2. The Labute approximate surface area is 192 Å². The van der Waals surface area contributed by atoms with Crippen LogP contribution in [0, 0.1) is 6.92 Å². The van der Waals surface area contributed by atoms with Gasteiger partial charge in [-0.25, -0.2) is 8.42 Å². The Morgan fingerprint density at radius 2 is 1.55 bits per heavy atom. The van der Waals surface area contributed by atoms with E-state index in [2.05, 4.69) is 14.9 Å². The van der Waals surface area contributed by atoms with Crippen LogP contribution in [0.5, 0.6) is 11.5 Å². The van der Waals surface area contributed by atoms with Gasteiger partial charge in [-0.1, -0.05) is 22.9 Å². The molecule has 0 radical (unpaired) electrons. The molecule has 0 amide bonds. The van der Waals surface area contributed by atoms with E-state index in [0.717, 1.165) is 11.1 Å². The molecule has 3 aromatic carbocycles. The third-order valence-electron chi connectivity index (χ3n) is 4.96. The van der Waals surface area contributed by atoms with E-state index in [4.69, 9.17) is 14.0 Å². The first-order valence-electron chi connectivity index (χ1n) is 10.1. The van der Waals surface area contributed by atoms with Gasteiger partial charge in [0.2, 0.25) is 11.7 Å². The van der Waals surface area contributed by atoms with Crippen molar-refractivity contribution < 1.29 is 22.4 Å². The highest BCUT2D eigenvalue weighted by Crippen LogP contribution is 2.25. The third-order valence-corrected chi connectivity index (χ3v) is 6.36. The van der Waals surface area contributed by atoms with Crippen molar-refractivity contribution in [2.45, 2.75) is 18.2 Å². The fraction of sp³-hybridized carbons (Fsp3) is 0.167. The third kappa shape index (κ3) is 5.32. The van der Waals surface area contributed by atoms with Crippen molar-refractivity contribution >= 4 is 15.7 Å². The average molecular weight is 466 g/mol. The van der Waals surface area contributed by atoms with E-state index < -0.39 is 10.0 Å². The first-order valence-corrected chi connectivity index (χ1v) is 11.6. The minimum absolute atomic E-state index is 0.203. The molecule has 33 heavy (non-hydrogen) atoms. The van der Waals surface area contributed by atoms with E-state index in [0.29, 0.717) is 40.9 Å². The van der Waals surface area contributed by atoms with Gasteiger partial charge in [0.15, 0.2) is 0 Å². The Kier molecular flexibility index (Phi) is 6.32. The van der Waals surface area contributed by atoms with Crippen molar-refractivity contribution in [3.05, 3.63) is 83.7 Å². The first kappa shape index (κ1) is 22.3. The lowest BCUT2D eigenvalue weighted by Crippen LogP contribution is -2.12. The largest absolute Gasteiger partial charge is 0.497 e. The van der Waals surface area contributed by atoms with Crippen LogP contribution in [0.25, 0.3) is 11.4 Å². The second-order valence-electron chi connectivity index (χ2n) is 7.41. The minimum atomic E-state index is -3.67. The monoisotopic (exact) mass is 465 g/mol. The van der Waals surface area contributed by atoms with Crippen LogP contribution in [0.4, 0.5) is 5.69 Å². The topological polar surface area (TPSA) is 104 Å². The summed E-state index contributed by atoms with van der Waals surface area (Å²) in [4.78, 5) is 4.65.